The van der Waals surface area contributed by atoms with Gasteiger partial charge >= 0.3 is 0 Å². The maximum atomic E-state index is 11.7. The summed E-state index contributed by atoms with van der Waals surface area (Å²) in [4.78, 5) is 16.0. The number of Topliss-reactive ketones (excluding diaryl/α,β-unsaturated/α-hetero) is 1. The van der Waals surface area contributed by atoms with E-state index in [-0.39, 0.29) is 5.78 Å². The van der Waals surface area contributed by atoms with E-state index in [0.29, 0.717) is 18.1 Å². The number of carbonyl (C=O) groups excluding carboxylic acids is 1. The van der Waals surface area contributed by atoms with Crippen LogP contribution in [0.1, 0.15) is 35.9 Å². The number of hydrogen-bond donors (Lipinski definition) is 0. The molecule has 0 N–H and O–H groups in total. The molecule has 5 heteroatoms. The van der Waals surface area contributed by atoms with Crippen molar-refractivity contribution in [1.29, 1.82) is 0 Å². The summed E-state index contributed by atoms with van der Waals surface area (Å²) in [7, 11) is 1.87. The first-order valence-corrected chi connectivity index (χ1v) is 6.34. The molecule has 0 atom stereocenters. The van der Waals surface area contributed by atoms with E-state index in [4.69, 9.17) is 11.6 Å². The Morgan fingerprint density at radius 1 is 1.50 bits per heavy atom. The van der Waals surface area contributed by atoms with Gasteiger partial charge in [-0.15, -0.1) is 0 Å². The minimum absolute atomic E-state index is 0.189. The number of aromatic nitrogens is 3. The second kappa shape index (κ2) is 5.40. The van der Waals surface area contributed by atoms with E-state index in [1.165, 1.54) is 0 Å². The predicted molar refractivity (Wildman–Crippen MR) is 71.0 cm³/mol. The lowest BCUT2D eigenvalue weighted by atomic mass is 10.1. The molecule has 2 rings (SSSR count). The van der Waals surface area contributed by atoms with Crippen molar-refractivity contribution in [3.63, 3.8) is 0 Å². The number of ketones is 1. The molecule has 0 bridgehead atoms. The van der Waals surface area contributed by atoms with Crippen molar-refractivity contribution in [2.24, 2.45) is 7.05 Å². The number of hydrogen-bond acceptors (Lipinski definition) is 2. The number of carbonyl (C=O) groups is 1. The summed E-state index contributed by atoms with van der Waals surface area (Å²) >= 11 is 5.93. The van der Waals surface area contributed by atoms with Crippen molar-refractivity contribution in [1.82, 2.24) is 14.1 Å². The van der Waals surface area contributed by atoms with Gasteiger partial charge in [0.1, 0.15) is 11.0 Å². The van der Waals surface area contributed by atoms with Gasteiger partial charge in [-0.25, -0.2) is 4.98 Å². The number of rotatable bonds is 5. The molecule has 0 saturated heterocycles. The number of halogens is 1. The normalized spacial score (nSPS) is 10.8. The zero-order valence-electron chi connectivity index (χ0n) is 10.6. The van der Waals surface area contributed by atoms with Crippen LogP contribution in [0, 0.1) is 0 Å². The minimum Gasteiger partial charge on any atom is -0.346 e. The highest BCUT2D eigenvalue weighted by Crippen LogP contribution is 2.12. The van der Waals surface area contributed by atoms with E-state index in [2.05, 4.69) is 4.98 Å². The smallest absolute Gasteiger partial charge is 0.164 e. The first-order chi connectivity index (χ1) is 8.61. The Labute approximate surface area is 111 Å². The monoisotopic (exact) mass is 265 g/mol. The minimum atomic E-state index is 0.189. The number of imidazole rings is 1. The van der Waals surface area contributed by atoms with Gasteiger partial charge in [-0.05, 0) is 12.5 Å². The highest BCUT2D eigenvalue weighted by atomic mass is 35.5. The molecule has 0 spiro atoms. The predicted octanol–water partition coefficient (Wildman–Crippen LogP) is 2.91. The maximum Gasteiger partial charge on any atom is 0.164 e. The van der Waals surface area contributed by atoms with Crippen molar-refractivity contribution >= 4 is 17.4 Å². The van der Waals surface area contributed by atoms with Gasteiger partial charge in [-0.2, -0.15) is 0 Å². The third-order valence-electron chi connectivity index (χ3n) is 2.90. The van der Waals surface area contributed by atoms with Gasteiger partial charge in [0.15, 0.2) is 5.78 Å². The molecule has 0 aromatic carbocycles. The SMILES string of the molecule is CCCC(=O)c1ccn(Cc2ncc(Cl)n2C)c1. The van der Waals surface area contributed by atoms with Crippen LogP contribution in [0.2, 0.25) is 5.15 Å². The number of nitrogens with zero attached hydrogens (tertiary/aromatic N) is 3. The van der Waals surface area contributed by atoms with Crippen LogP contribution in [0.5, 0.6) is 0 Å². The third-order valence-corrected chi connectivity index (χ3v) is 3.25. The van der Waals surface area contributed by atoms with Gasteiger partial charge in [0, 0.05) is 31.4 Å². The molecule has 18 heavy (non-hydrogen) atoms. The lowest BCUT2D eigenvalue weighted by Gasteiger charge is -2.03. The van der Waals surface area contributed by atoms with E-state index in [1.807, 2.05) is 41.6 Å². The molecule has 0 fully saturated rings. The molecular formula is C13H16ClN3O. The van der Waals surface area contributed by atoms with Crippen LogP contribution in [-0.2, 0) is 13.6 Å². The highest BCUT2D eigenvalue weighted by Gasteiger charge is 2.08. The summed E-state index contributed by atoms with van der Waals surface area (Å²) in [5.74, 6) is 1.05. The molecule has 96 valence electrons. The van der Waals surface area contributed by atoms with Crippen molar-refractivity contribution in [2.45, 2.75) is 26.3 Å². The van der Waals surface area contributed by atoms with Gasteiger partial charge < -0.3 is 9.13 Å². The maximum absolute atomic E-state index is 11.7. The van der Waals surface area contributed by atoms with E-state index < -0.39 is 0 Å². The van der Waals surface area contributed by atoms with E-state index >= 15 is 0 Å². The summed E-state index contributed by atoms with van der Waals surface area (Å²) in [5.41, 5.74) is 0.761. The average Bonchev–Trinajstić information content (AvgIpc) is 2.92. The molecular weight excluding hydrogens is 250 g/mol. The van der Waals surface area contributed by atoms with Gasteiger partial charge in [0.25, 0.3) is 0 Å². The zero-order chi connectivity index (χ0) is 13.1. The zero-order valence-corrected chi connectivity index (χ0v) is 11.3. The Morgan fingerprint density at radius 2 is 2.28 bits per heavy atom. The van der Waals surface area contributed by atoms with Gasteiger partial charge in [0.2, 0.25) is 0 Å². The Morgan fingerprint density at radius 3 is 2.89 bits per heavy atom. The van der Waals surface area contributed by atoms with Gasteiger partial charge in [-0.3, -0.25) is 4.79 Å². The molecule has 0 radical (unpaired) electrons. The lowest BCUT2D eigenvalue weighted by molar-refractivity contribution is 0.0981. The van der Waals surface area contributed by atoms with Crippen LogP contribution in [-0.4, -0.2) is 19.9 Å². The van der Waals surface area contributed by atoms with Crippen molar-refractivity contribution in [2.75, 3.05) is 0 Å². The first-order valence-electron chi connectivity index (χ1n) is 5.97. The van der Waals surface area contributed by atoms with E-state index in [9.17, 15) is 4.79 Å². The average molecular weight is 266 g/mol. The third kappa shape index (κ3) is 2.64. The highest BCUT2D eigenvalue weighted by molar-refractivity contribution is 6.29. The second-order valence-electron chi connectivity index (χ2n) is 4.30. The topological polar surface area (TPSA) is 39.8 Å². The molecule has 0 aliphatic heterocycles. The van der Waals surface area contributed by atoms with Crippen molar-refractivity contribution in [3.8, 4) is 0 Å². The standard InChI is InChI=1S/C13H16ClN3O/c1-3-4-11(18)10-5-6-17(8-10)9-13-15-7-12(14)16(13)2/h5-8H,3-4,9H2,1-2H3. The molecule has 0 aliphatic rings. The summed E-state index contributed by atoms with van der Waals surface area (Å²) in [5, 5.41) is 0.611. The summed E-state index contributed by atoms with van der Waals surface area (Å²) in [6, 6.07) is 1.85. The van der Waals surface area contributed by atoms with E-state index in [1.54, 1.807) is 6.20 Å². The summed E-state index contributed by atoms with van der Waals surface area (Å²) in [6.07, 6.45) is 6.85. The van der Waals surface area contributed by atoms with Gasteiger partial charge in [-0.1, -0.05) is 18.5 Å². The van der Waals surface area contributed by atoms with Crippen molar-refractivity contribution < 1.29 is 4.79 Å². The van der Waals surface area contributed by atoms with Crippen LogP contribution in [0.15, 0.2) is 24.7 Å². The fraction of sp³-hybridized carbons (Fsp3) is 0.385. The van der Waals surface area contributed by atoms with Crippen LogP contribution in [0.3, 0.4) is 0 Å². The Kier molecular flexibility index (Phi) is 3.87. The van der Waals surface area contributed by atoms with Crippen LogP contribution in [0.4, 0.5) is 0 Å². The lowest BCUT2D eigenvalue weighted by Crippen LogP contribution is -2.04. The molecule has 0 amide bonds. The molecule has 0 saturated carbocycles. The van der Waals surface area contributed by atoms with Crippen molar-refractivity contribution in [3.05, 3.63) is 41.2 Å². The van der Waals surface area contributed by atoms with Crippen LogP contribution in [0.25, 0.3) is 0 Å². The molecule has 0 aliphatic carbocycles. The van der Waals surface area contributed by atoms with E-state index in [0.717, 1.165) is 17.8 Å². The Bertz CT molecular complexity index is 556. The van der Waals surface area contributed by atoms with Crippen LogP contribution < -0.4 is 0 Å². The Hall–Kier alpha value is -1.55. The van der Waals surface area contributed by atoms with Crippen LogP contribution >= 0.6 is 11.6 Å². The summed E-state index contributed by atoms with van der Waals surface area (Å²) in [6.45, 7) is 2.62. The summed E-state index contributed by atoms with van der Waals surface area (Å²) < 4.78 is 3.77. The molecule has 0 unspecified atom stereocenters. The first kappa shape index (κ1) is 12.9. The molecule has 2 heterocycles. The largest absolute Gasteiger partial charge is 0.346 e. The Balaban J connectivity index is 2.11. The fourth-order valence-corrected chi connectivity index (χ4v) is 1.96. The van der Waals surface area contributed by atoms with Gasteiger partial charge in [0.05, 0.1) is 12.7 Å². The second-order valence-corrected chi connectivity index (χ2v) is 4.69. The molecule has 2 aromatic rings. The molecule has 4 nitrogen and oxygen atoms in total. The molecule has 2 aromatic heterocycles. The fourth-order valence-electron chi connectivity index (χ4n) is 1.81. The quantitative estimate of drug-likeness (QED) is 0.780.